The van der Waals surface area contributed by atoms with E-state index in [-0.39, 0.29) is 0 Å². The number of nitrogens with zero attached hydrogens (tertiary/aromatic N) is 4. The lowest BCUT2D eigenvalue weighted by molar-refractivity contribution is 0.713. The summed E-state index contributed by atoms with van der Waals surface area (Å²) < 4.78 is 1.70. The lowest BCUT2D eigenvalue weighted by atomic mass is 10.2. The SMILES string of the molecule is CN(C)c1cccc(NCc2cn(C)nn2)c1. The van der Waals surface area contributed by atoms with E-state index in [0.29, 0.717) is 6.54 Å². The zero-order chi connectivity index (χ0) is 12.3. The third kappa shape index (κ3) is 2.96. The maximum absolute atomic E-state index is 4.03. The molecule has 0 unspecified atom stereocenters. The molecule has 0 aliphatic rings. The van der Waals surface area contributed by atoms with E-state index in [1.165, 1.54) is 5.69 Å². The average Bonchev–Trinajstić information content (AvgIpc) is 2.73. The Morgan fingerprint density at radius 1 is 1.35 bits per heavy atom. The summed E-state index contributed by atoms with van der Waals surface area (Å²) in [6.45, 7) is 0.685. The second-order valence-electron chi connectivity index (χ2n) is 4.18. The summed E-state index contributed by atoms with van der Waals surface area (Å²) >= 11 is 0. The first-order valence-electron chi connectivity index (χ1n) is 5.51. The van der Waals surface area contributed by atoms with E-state index in [4.69, 9.17) is 0 Å². The molecule has 5 nitrogen and oxygen atoms in total. The molecule has 0 bridgehead atoms. The van der Waals surface area contributed by atoms with Crippen molar-refractivity contribution in [3.05, 3.63) is 36.2 Å². The average molecular weight is 231 g/mol. The minimum absolute atomic E-state index is 0.685. The van der Waals surface area contributed by atoms with E-state index < -0.39 is 0 Å². The van der Waals surface area contributed by atoms with Gasteiger partial charge in [-0.2, -0.15) is 0 Å². The van der Waals surface area contributed by atoms with Crippen LogP contribution in [0, 0.1) is 0 Å². The van der Waals surface area contributed by atoms with Gasteiger partial charge in [-0.3, -0.25) is 4.68 Å². The molecule has 1 N–H and O–H groups in total. The number of nitrogens with one attached hydrogen (secondary N) is 1. The van der Waals surface area contributed by atoms with Crippen molar-refractivity contribution in [2.24, 2.45) is 7.05 Å². The van der Waals surface area contributed by atoms with Crippen molar-refractivity contribution in [1.29, 1.82) is 0 Å². The van der Waals surface area contributed by atoms with Gasteiger partial charge in [0.1, 0.15) is 5.69 Å². The van der Waals surface area contributed by atoms with Crippen LogP contribution in [0.4, 0.5) is 11.4 Å². The third-order valence-corrected chi connectivity index (χ3v) is 2.49. The van der Waals surface area contributed by atoms with Crippen molar-refractivity contribution in [2.45, 2.75) is 6.54 Å². The molecule has 0 aliphatic heterocycles. The third-order valence-electron chi connectivity index (χ3n) is 2.49. The highest BCUT2D eigenvalue weighted by Gasteiger charge is 2.00. The molecule has 0 radical (unpaired) electrons. The van der Waals surface area contributed by atoms with Crippen LogP contribution in [-0.4, -0.2) is 29.1 Å². The van der Waals surface area contributed by atoms with Gasteiger partial charge in [0.2, 0.25) is 0 Å². The molecule has 0 fully saturated rings. The molecule has 0 atom stereocenters. The van der Waals surface area contributed by atoms with Crippen LogP contribution in [0.3, 0.4) is 0 Å². The fourth-order valence-electron chi connectivity index (χ4n) is 1.56. The first-order valence-corrected chi connectivity index (χ1v) is 5.51. The molecule has 90 valence electrons. The number of aromatic nitrogens is 3. The van der Waals surface area contributed by atoms with Gasteiger partial charge in [0, 0.05) is 38.7 Å². The fourth-order valence-corrected chi connectivity index (χ4v) is 1.56. The molecule has 5 heteroatoms. The molecule has 2 aromatic rings. The Kier molecular flexibility index (Phi) is 3.27. The molecule has 0 saturated heterocycles. The number of hydrogen-bond donors (Lipinski definition) is 1. The van der Waals surface area contributed by atoms with E-state index in [1.807, 2.05) is 39.5 Å². The highest BCUT2D eigenvalue weighted by atomic mass is 15.4. The predicted molar refractivity (Wildman–Crippen MR) is 69.1 cm³/mol. The van der Waals surface area contributed by atoms with Gasteiger partial charge in [-0.1, -0.05) is 11.3 Å². The van der Waals surface area contributed by atoms with Crippen molar-refractivity contribution in [3.63, 3.8) is 0 Å². The van der Waals surface area contributed by atoms with Crippen LogP contribution in [-0.2, 0) is 13.6 Å². The zero-order valence-electron chi connectivity index (χ0n) is 10.4. The normalized spacial score (nSPS) is 10.3. The van der Waals surface area contributed by atoms with Crippen LogP contribution in [0.15, 0.2) is 30.5 Å². The van der Waals surface area contributed by atoms with Gasteiger partial charge in [0.25, 0.3) is 0 Å². The maximum Gasteiger partial charge on any atom is 0.102 e. The Labute approximate surface area is 101 Å². The Hall–Kier alpha value is -2.04. The molecule has 1 aromatic heterocycles. The van der Waals surface area contributed by atoms with Gasteiger partial charge in [-0.05, 0) is 18.2 Å². The Balaban J connectivity index is 2.01. The standard InChI is InChI=1S/C12H17N5/c1-16(2)12-6-4-5-10(7-12)13-8-11-9-17(3)15-14-11/h4-7,9,13H,8H2,1-3H3. The maximum atomic E-state index is 4.03. The van der Waals surface area contributed by atoms with E-state index in [9.17, 15) is 0 Å². The Morgan fingerprint density at radius 3 is 2.82 bits per heavy atom. The minimum Gasteiger partial charge on any atom is -0.379 e. The first-order chi connectivity index (χ1) is 8.15. The highest BCUT2D eigenvalue weighted by molar-refractivity contribution is 5.57. The molecule has 1 heterocycles. The lowest BCUT2D eigenvalue weighted by Crippen LogP contribution is -2.09. The highest BCUT2D eigenvalue weighted by Crippen LogP contribution is 2.17. The summed E-state index contributed by atoms with van der Waals surface area (Å²) in [6.07, 6.45) is 1.91. The van der Waals surface area contributed by atoms with Crippen molar-refractivity contribution in [1.82, 2.24) is 15.0 Å². The molecule has 17 heavy (non-hydrogen) atoms. The van der Waals surface area contributed by atoms with Crippen LogP contribution < -0.4 is 10.2 Å². The molecule has 0 aliphatic carbocycles. The summed E-state index contributed by atoms with van der Waals surface area (Å²) in [5, 5.41) is 11.2. The van der Waals surface area contributed by atoms with Crippen molar-refractivity contribution < 1.29 is 0 Å². The fraction of sp³-hybridized carbons (Fsp3) is 0.333. The summed E-state index contributed by atoms with van der Waals surface area (Å²) in [4.78, 5) is 2.08. The smallest absolute Gasteiger partial charge is 0.102 e. The minimum atomic E-state index is 0.685. The van der Waals surface area contributed by atoms with Gasteiger partial charge >= 0.3 is 0 Å². The van der Waals surface area contributed by atoms with E-state index in [1.54, 1.807) is 4.68 Å². The van der Waals surface area contributed by atoms with E-state index in [0.717, 1.165) is 11.4 Å². The van der Waals surface area contributed by atoms with Crippen LogP contribution in [0.2, 0.25) is 0 Å². The van der Waals surface area contributed by atoms with Gasteiger partial charge in [-0.15, -0.1) is 5.10 Å². The largest absolute Gasteiger partial charge is 0.379 e. The van der Waals surface area contributed by atoms with Crippen LogP contribution >= 0.6 is 0 Å². The summed E-state index contributed by atoms with van der Waals surface area (Å²) in [7, 11) is 5.92. The summed E-state index contributed by atoms with van der Waals surface area (Å²) in [5.41, 5.74) is 3.19. The Morgan fingerprint density at radius 2 is 2.18 bits per heavy atom. The predicted octanol–water partition coefficient (Wildman–Crippen LogP) is 1.49. The van der Waals surface area contributed by atoms with Crippen molar-refractivity contribution in [2.75, 3.05) is 24.3 Å². The van der Waals surface area contributed by atoms with Crippen molar-refractivity contribution >= 4 is 11.4 Å². The number of benzene rings is 1. The van der Waals surface area contributed by atoms with Gasteiger partial charge in [0.05, 0.1) is 6.54 Å². The molecule has 0 amide bonds. The second-order valence-corrected chi connectivity index (χ2v) is 4.18. The molecule has 0 spiro atoms. The van der Waals surface area contributed by atoms with Crippen LogP contribution in [0.25, 0.3) is 0 Å². The first kappa shape index (κ1) is 11.4. The number of aryl methyl sites for hydroxylation is 1. The molecular weight excluding hydrogens is 214 g/mol. The van der Waals surface area contributed by atoms with Crippen molar-refractivity contribution in [3.8, 4) is 0 Å². The zero-order valence-corrected chi connectivity index (χ0v) is 10.4. The topological polar surface area (TPSA) is 46.0 Å². The lowest BCUT2D eigenvalue weighted by Gasteiger charge is -2.14. The van der Waals surface area contributed by atoms with Crippen LogP contribution in [0.5, 0.6) is 0 Å². The van der Waals surface area contributed by atoms with Gasteiger partial charge < -0.3 is 10.2 Å². The monoisotopic (exact) mass is 231 g/mol. The molecule has 2 rings (SSSR count). The summed E-state index contributed by atoms with van der Waals surface area (Å²) in [5.74, 6) is 0. The number of anilines is 2. The molecular formula is C12H17N5. The molecule has 0 saturated carbocycles. The molecule has 1 aromatic carbocycles. The second kappa shape index (κ2) is 4.86. The van der Waals surface area contributed by atoms with E-state index in [2.05, 4.69) is 32.7 Å². The number of rotatable bonds is 4. The quantitative estimate of drug-likeness (QED) is 0.866. The van der Waals surface area contributed by atoms with Gasteiger partial charge in [0.15, 0.2) is 0 Å². The van der Waals surface area contributed by atoms with Crippen LogP contribution in [0.1, 0.15) is 5.69 Å². The summed E-state index contributed by atoms with van der Waals surface area (Å²) in [6, 6.07) is 8.27. The Bertz CT molecular complexity index is 489. The van der Waals surface area contributed by atoms with E-state index >= 15 is 0 Å². The number of hydrogen-bond acceptors (Lipinski definition) is 4. The van der Waals surface area contributed by atoms with Gasteiger partial charge in [-0.25, -0.2) is 0 Å².